The van der Waals surface area contributed by atoms with E-state index in [1.807, 2.05) is 13.0 Å². The van der Waals surface area contributed by atoms with Crippen LogP contribution in [0.1, 0.15) is 83.2 Å². The number of hydrogen-bond donors (Lipinski definition) is 1. The Hall–Kier alpha value is -4.72. The molecule has 0 aromatic heterocycles. The Kier molecular flexibility index (Phi) is 8.01. The maximum absolute atomic E-state index is 12.9. The minimum atomic E-state index is -0.986. The summed E-state index contributed by atoms with van der Waals surface area (Å²) in [7, 11) is 0. The van der Waals surface area contributed by atoms with Crippen molar-refractivity contribution in [3.05, 3.63) is 95.1 Å². The van der Waals surface area contributed by atoms with Crippen LogP contribution in [0.3, 0.4) is 0 Å². The molecule has 1 atom stereocenters. The SMILES string of the molecule is C=C(CC(=O)OC1CCCCC1)C(=O)Oc1ccc(OC(=O)c2ccc3c(c2)C(C)c2cc(C(=O)O)ccc2-3)cc1. The van der Waals surface area contributed by atoms with E-state index >= 15 is 0 Å². The molecule has 1 unspecified atom stereocenters. The van der Waals surface area contributed by atoms with E-state index in [2.05, 4.69) is 6.58 Å². The minimum absolute atomic E-state index is 0.00603. The molecule has 8 heteroatoms. The van der Waals surface area contributed by atoms with Gasteiger partial charge < -0.3 is 19.3 Å². The number of carboxylic acid groups (broad SMARTS) is 1. The molecule has 0 saturated heterocycles. The van der Waals surface area contributed by atoms with Crippen molar-refractivity contribution in [2.24, 2.45) is 0 Å². The molecule has 0 bridgehead atoms. The standard InChI is InChI=1S/C33H30O8/c1-19(16-30(34)39-23-6-4-3-5-7-23)32(37)40-24-10-12-25(13-11-24)41-33(38)22-9-15-27-26-14-8-21(31(35)36)17-28(26)20(2)29(27)18-22/h8-15,17-18,20,23H,1,3-7,16H2,2H3,(H,35,36). The van der Waals surface area contributed by atoms with Gasteiger partial charge in [-0.05, 0) is 96.5 Å². The second-order valence-electron chi connectivity index (χ2n) is 10.4. The van der Waals surface area contributed by atoms with Crippen LogP contribution in [-0.4, -0.2) is 35.1 Å². The van der Waals surface area contributed by atoms with Gasteiger partial charge in [0.05, 0.1) is 17.5 Å². The van der Waals surface area contributed by atoms with Crippen LogP contribution in [0.4, 0.5) is 0 Å². The van der Waals surface area contributed by atoms with Crippen molar-refractivity contribution in [3.8, 4) is 22.6 Å². The van der Waals surface area contributed by atoms with Crippen LogP contribution in [0.15, 0.2) is 72.8 Å². The van der Waals surface area contributed by atoms with Crippen molar-refractivity contribution in [1.82, 2.24) is 0 Å². The Morgan fingerprint density at radius 1 is 0.805 bits per heavy atom. The summed E-state index contributed by atoms with van der Waals surface area (Å²) in [4.78, 5) is 48.8. The molecule has 0 heterocycles. The molecule has 2 aliphatic carbocycles. The number of carbonyl (C=O) groups is 4. The molecule has 0 amide bonds. The summed E-state index contributed by atoms with van der Waals surface area (Å²) >= 11 is 0. The third-order valence-electron chi connectivity index (χ3n) is 7.55. The van der Waals surface area contributed by atoms with E-state index in [0.29, 0.717) is 5.56 Å². The van der Waals surface area contributed by atoms with Gasteiger partial charge in [0, 0.05) is 11.5 Å². The Balaban J connectivity index is 1.17. The molecule has 0 aliphatic heterocycles. The highest BCUT2D eigenvalue weighted by molar-refractivity contribution is 5.95. The summed E-state index contributed by atoms with van der Waals surface area (Å²) in [6, 6.07) is 16.3. The zero-order chi connectivity index (χ0) is 29.1. The number of aromatic carboxylic acids is 1. The lowest BCUT2D eigenvalue weighted by Gasteiger charge is -2.21. The normalized spacial score (nSPS) is 15.8. The van der Waals surface area contributed by atoms with Crippen LogP contribution in [-0.2, 0) is 14.3 Å². The number of benzene rings is 3. The van der Waals surface area contributed by atoms with Gasteiger partial charge in [-0.2, -0.15) is 0 Å². The zero-order valence-electron chi connectivity index (χ0n) is 22.7. The van der Waals surface area contributed by atoms with Crippen LogP contribution in [0.25, 0.3) is 11.1 Å². The quantitative estimate of drug-likeness (QED) is 0.191. The smallest absolute Gasteiger partial charge is 0.343 e. The Bertz CT molecular complexity index is 1530. The molecule has 210 valence electrons. The third-order valence-corrected chi connectivity index (χ3v) is 7.55. The Morgan fingerprint density at radius 3 is 1.98 bits per heavy atom. The van der Waals surface area contributed by atoms with Gasteiger partial charge >= 0.3 is 23.9 Å². The number of rotatable bonds is 8. The lowest BCUT2D eigenvalue weighted by Crippen LogP contribution is -2.22. The molecule has 3 aromatic carbocycles. The van der Waals surface area contributed by atoms with E-state index in [9.17, 15) is 24.3 Å². The van der Waals surface area contributed by atoms with Crippen LogP contribution in [0, 0.1) is 0 Å². The maximum atomic E-state index is 12.9. The van der Waals surface area contributed by atoms with E-state index in [0.717, 1.165) is 54.4 Å². The first-order valence-electron chi connectivity index (χ1n) is 13.6. The summed E-state index contributed by atoms with van der Waals surface area (Å²) in [5.74, 6) is -2.38. The first kappa shape index (κ1) is 27.8. The number of ether oxygens (including phenoxy) is 3. The molecule has 2 aliphatic rings. The zero-order valence-corrected chi connectivity index (χ0v) is 22.7. The molecule has 5 rings (SSSR count). The fourth-order valence-corrected chi connectivity index (χ4v) is 5.34. The number of carboxylic acids is 1. The van der Waals surface area contributed by atoms with Crippen molar-refractivity contribution in [2.75, 3.05) is 0 Å². The van der Waals surface area contributed by atoms with Gasteiger partial charge in [-0.3, -0.25) is 4.79 Å². The molecule has 8 nitrogen and oxygen atoms in total. The second-order valence-corrected chi connectivity index (χ2v) is 10.4. The van der Waals surface area contributed by atoms with Gasteiger partial charge in [0.25, 0.3) is 0 Å². The molecule has 0 spiro atoms. The van der Waals surface area contributed by atoms with Gasteiger partial charge in [0.2, 0.25) is 0 Å². The van der Waals surface area contributed by atoms with Gasteiger partial charge in [0.15, 0.2) is 0 Å². The summed E-state index contributed by atoms with van der Waals surface area (Å²) in [6.45, 7) is 5.63. The fraction of sp³-hybridized carbons (Fsp3) is 0.273. The molecular weight excluding hydrogens is 524 g/mol. The van der Waals surface area contributed by atoms with Crippen molar-refractivity contribution in [1.29, 1.82) is 0 Å². The number of carbonyl (C=O) groups excluding carboxylic acids is 3. The number of hydrogen-bond acceptors (Lipinski definition) is 7. The van der Waals surface area contributed by atoms with Crippen LogP contribution in [0.2, 0.25) is 0 Å². The third kappa shape index (κ3) is 6.22. The average Bonchev–Trinajstić information content (AvgIpc) is 3.25. The average molecular weight is 555 g/mol. The van der Waals surface area contributed by atoms with Crippen molar-refractivity contribution in [2.45, 2.75) is 57.5 Å². The highest BCUT2D eigenvalue weighted by Crippen LogP contribution is 2.45. The lowest BCUT2D eigenvalue weighted by atomic mass is 9.97. The fourth-order valence-electron chi connectivity index (χ4n) is 5.34. The monoisotopic (exact) mass is 554 g/mol. The highest BCUT2D eigenvalue weighted by Gasteiger charge is 2.28. The molecular formula is C33H30O8. The van der Waals surface area contributed by atoms with Gasteiger partial charge in [-0.1, -0.05) is 32.1 Å². The topological polar surface area (TPSA) is 116 Å². The summed E-state index contributed by atoms with van der Waals surface area (Å²) in [5, 5.41) is 9.34. The molecule has 1 fully saturated rings. The highest BCUT2D eigenvalue weighted by atomic mass is 16.6. The van der Waals surface area contributed by atoms with Crippen molar-refractivity contribution < 1.29 is 38.5 Å². The predicted octanol–water partition coefficient (Wildman–Crippen LogP) is 6.46. The van der Waals surface area contributed by atoms with E-state index < -0.39 is 23.9 Å². The summed E-state index contributed by atoms with van der Waals surface area (Å²) in [6.07, 6.45) is 4.56. The number of esters is 3. The lowest BCUT2D eigenvalue weighted by molar-refractivity contribution is -0.150. The molecule has 41 heavy (non-hydrogen) atoms. The Labute approximate surface area is 237 Å². The van der Waals surface area contributed by atoms with E-state index in [1.54, 1.807) is 30.3 Å². The summed E-state index contributed by atoms with van der Waals surface area (Å²) < 4.78 is 16.3. The van der Waals surface area contributed by atoms with Gasteiger partial charge in [-0.25, -0.2) is 14.4 Å². The van der Waals surface area contributed by atoms with Gasteiger partial charge in [-0.15, -0.1) is 0 Å². The van der Waals surface area contributed by atoms with Crippen LogP contribution >= 0.6 is 0 Å². The van der Waals surface area contributed by atoms with Crippen molar-refractivity contribution in [3.63, 3.8) is 0 Å². The Morgan fingerprint density at radius 2 is 1.37 bits per heavy atom. The first-order chi connectivity index (χ1) is 19.7. The van der Waals surface area contributed by atoms with Crippen LogP contribution in [0.5, 0.6) is 11.5 Å². The van der Waals surface area contributed by atoms with E-state index in [-0.39, 0.29) is 41.1 Å². The van der Waals surface area contributed by atoms with Crippen LogP contribution < -0.4 is 9.47 Å². The molecule has 0 radical (unpaired) electrons. The number of fused-ring (bicyclic) bond motifs is 3. The molecule has 1 saturated carbocycles. The summed E-state index contributed by atoms with van der Waals surface area (Å²) in [5.41, 5.74) is 4.30. The van der Waals surface area contributed by atoms with E-state index in [4.69, 9.17) is 14.2 Å². The first-order valence-corrected chi connectivity index (χ1v) is 13.6. The van der Waals surface area contributed by atoms with E-state index in [1.165, 1.54) is 24.3 Å². The largest absolute Gasteiger partial charge is 0.478 e. The maximum Gasteiger partial charge on any atom is 0.343 e. The second kappa shape index (κ2) is 11.8. The predicted molar refractivity (Wildman–Crippen MR) is 150 cm³/mol. The minimum Gasteiger partial charge on any atom is -0.478 e. The van der Waals surface area contributed by atoms with Crippen molar-refractivity contribution >= 4 is 23.9 Å². The molecule has 1 N–H and O–H groups in total. The molecule has 3 aromatic rings. The van der Waals surface area contributed by atoms with Gasteiger partial charge in [0.1, 0.15) is 17.6 Å².